The Balaban J connectivity index is 0.00000144. The lowest BCUT2D eigenvalue weighted by Crippen LogP contribution is -2.34. The molecule has 3 N–H and O–H groups in total. The van der Waals surface area contributed by atoms with E-state index >= 15 is 0 Å². The van der Waals surface area contributed by atoms with Gasteiger partial charge in [-0.25, -0.2) is 9.67 Å². The number of hydrogen-bond acceptors (Lipinski definition) is 5. The topological polar surface area (TPSA) is 92.1 Å². The molecule has 0 saturated carbocycles. The molecule has 0 radical (unpaired) electrons. The van der Waals surface area contributed by atoms with Crippen molar-refractivity contribution in [2.24, 2.45) is 5.92 Å². The van der Waals surface area contributed by atoms with Crippen molar-refractivity contribution in [1.82, 2.24) is 25.4 Å². The molecule has 1 aliphatic heterocycles. The molecule has 3 rings (SSSR count). The molecule has 2 atom stereocenters. The normalized spacial score (nSPS) is 19.8. The summed E-state index contributed by atoms with van der Waals surface area (Å²) in [6.07, 6.45) is 2.90. The van der Waals surface area contributed by atoms with Crippen molar-refractivity contribution in [1.29, 1.82) is 0 Å². The second-order valence-electron chi connectivity index (χ2n) is 6.02. The minimum absolute atomic E-state index is 0. The van der Waals surface area contributed by atoms with Gasteiger partial charge in [0.25, 0.3) is 5.91 Å². The van der Waals surface area contributed by atoms with Crippen LogP contribution in [0.2, 0.25) is 0 Å². The largest absolute Gasteiger partial charge is 0.391 e. The second-order valence-corrected chi connectivity index (χ2v) is 6.02. The summed E-state index contributed by atoms with van der Waals surface area (Å²) in [5.74, 6) is -0.116. The van der Waals surface area contributed by atoms with Crippen LogP contribution >= 0.6 is 24.8 Å². The fraction of sp³-hybridized carbons (Fsp3) is 0.533. The Kier molecular flexibility index (Phi) is 7.41. The van der Waals surface area contributed by atoms with Crippen molar-refractivity contribution in [3.05, 3.63) is 24.0 Å². The van der Waals surface area contributed by atoms with E-state index in [1.165, 1.54) is 0 Å². The van der Waals surface area contributed by atoms with Crippen molar-refractivity contribution < 1.29 is 9.90 Å². The van der Waals surface area contributed by atoms with Crippen molar-refractivity contribution in [3.63, 3.8) is 0 Å². The van der Waals surface area contributed by atoms with Crippen LogP contribution in [0.25, 0.3) is 11.0 Å². The molecule has 3 heterocycles. The van der Waals surface area contributed by atoms with E-state index < -0.39 is 6.10 Å². The molecular formula is C15H23Cl2N5O2. The summed E-state index contributed by atoms with van der Waals surface area (Å²) in [5, 5.41) is 20.8. The minimum Gasteiger partial charge on any atom is -0.391 e. The van der Waals surface area contributed by atoms with Crippen LogP contribution in [0.1, 0.15) is 30.2 Å². The number of halogens is 2. The first-order chi connectivity index (χ1) is 10.6. The van der Waals surface area contributed by atoms with Gasteiger partial charge in [0.15, 0.2) is 5.65 Å². The molecule has 9 heteroatoms. The van der Waals surface area contributed by atoms with Gasteiger partial charge in [0.05, 0.1) is 17.9 Å². The van der Waals surface area contributed by atoms with Crippen molar-refractivity contribution >= 4 is 41.8 Å². The van der Waals surface area contributed by atoms with E-state index in [0.29, 0.717) is 18.7 Å². The SMILES string of the molecule is CC(C)n1ncc2cc(C(=O)NCC3CNCC3O)cnc21.Cl.Cl. The van der Waals surface area contributed by atoms with Crippen LogP contribution in [0.4, 0.5) is 0 Å². The van der Waals surface area contributed by atoms with E-state index in [9.17, 15) is 9.90 Å². The van der Waals surface area contributed by atoms with E-state index in [4.69, 9.17) is 0 Å². The molecule has 24 heavy (non-hydrogen) atoms. The summed E-state index contributed by atoms with van der Waals surface area (Å²) in [7, 11) is 0. The Bertz CT molecular complexity index is 692. The number of β-amino-alcohol motifs (C(OH)–C–C–N with tert-alkyl or cyclic N) is 1. The molecule has 2 unspecified atom stereocenters. The molecule has 2 aromatic rings. The molecular weight excluding hydrogens is 353 g/mol. The Morgan fingerprint density at radius 2 is 2.17 bits per heavy atom. The maximum atomic E-state index is 12.2. The third-order valence-electron chi connectivity index (χ3n) is 4.01. The number of aromatic nitrogens is 3. The number of carbonyl (C=O) groups excluding carboxylic acids is 1. The number of nitrogens with one attached hydrogen (secondary N) is 2. The van der Waals surface area contributed by atoms with Crippen molar-refractivity contribution in [2.45, 2.75) is 26.0 Å². The van der Waals surface area contributed by atoms with Gasteiger partial charge >= 0.3 is 0 Å². The zero-order valence-corrected chi connectivity index (χ0v) is 15.2. The van der Waals surface area contributed by atoms with E-state index in [-0.39, 0.29) is 42.7 Å². The first-order valence-corrected chi connectivity index (χ1v) is 7.56. The summed E-state index contributed by atoms with van der Waals surface area (Å²) in [6, 6.07) is 2.02. The van der Waals surface area contributed by atoms with Crippen LogP contribution in [-0.4, -0.2) is 51.5 Å². The van der Waals surface area contributed by atoms with E-state index in [1.807, 2.05) is 18.5 Å². The predicted octanol–water partition coefficient (Wildman–Crippen LogP) is 1.17. The lowest BCUT2D eigenvalue weighted by atomic mass is 10.1. The van der Waals surface area contributed by atoms with Gasteiger partial charge in [0.2, 0.25) is 0 Å². The van der Waals surface area contributed by atoms with Crippen LogP contribution in [0.15, 0.2) is 18.5 Å². The van der Waals surface area contributed by atoms with Gasteiger partial charge in [0.1, 0.15) is 0 Å². The third-order valence-corrected chi connectivity index (χ3v) is 4.01. The zero-order valence-electron chi connectivity index (χ0n) is 13.6. The minimum atomic E-state index is -0.398. The maximum Gasteiger partial charge on any atom is 0.252 e. The summed E-state index contributed by atoms with van der Waals surface area (Å²) in [5.41, 5.74) is 1.29. The number of rotatable bonds is 4. The Morgan fingerprint density at radius 1 is 1.42 bits per heavy atom. The number of pyridine rings is 1. The number of carbonyl (C=O) groups is 1. The van der Waals surface area contributed by atoms with E-state index in [1.54, 1.807) is 18.5 Å². The Hall–Kier alpha value is -1.41. The van der Waals surface area contributed by atoms with Crippen molar-refractivity contribution in [2.75, 3.05) is 19.6 Å². The molecule has 7 nitrogen and oxygen atoms in total. The maximum absolute atomic E-state index is 12.2. The smallest absolute Gasteiger partial charge is 0.252 e. The molecule has 0 bridgehead atoms. The van der Waals surface area contributed by atoms with Crippen LogP contribution in [0.5, 0.6) is 0 Å². The number of aliphatic hydroxyl groups excluding tert-OH is 1. The second kappa shape index (κ2) is 8.62. The first kappa shape index (κ1) is 20.6. The highest BCUT2D eigenvalue weighted by Gasteiger charge is 2.25. The fourth-order valence-electron chi connectivity index (χ4n) is 2.70. The monoisotopic (exact) mass is 375 g/mol. The lowest BCUT2D eigenvalue weighted by Gasteiger charge is -2.14. The molecule has 134 valence electrons. The average Bonchev–Trinajstić information content (AvgIpc) is 3.10. The molecule has 1 amide bonds. The number of hydrogen-bond donors (Lipinski definition) is 3. The molecule has 2 aromatic heterocycles. The molecule has 0 aliphatic carbocycles. The Labute approximate surface area is 153 Å². The van der Waals surface area contributed by atoms with E-state index in [2.05, 4.69) is 20.7 Å². The lowest BCUT2D eigenvalue weighted by molar-refractivity contribution is 0.0927. The predicted molar refractivity (Wildman–Crippen MR) is 97.1 cm³/mol. The number of aliphatic hydroxyl groups is 1. The standard InChI is InChI=1S/C15H21N5O2.2ClH/c1-9(2)20-14-10(7-19-20)3-11(5-17-14)15(22)18-6-12-4-16-8-13(12)21;;/h3,5,7,9,12-13,16,21H,4,6,8H2,1-2H3,(H,18,22);2*1H. The number of fused-ring (bicyclic) bond motifs is 1. The first-order valence-electron chi connectivity index (χ1n) is 7.56. The van der Waals surface area contributed by atoms with Gasteiger partial charge in [-0.3, -0.25) is 4.79 Å². The third kappa shape index (κ3) is 4.16. The summed E-state index contributed by atoms with van der Waals surface area (Å²) >= 11 is 0. The summed E-state index contributed by atoms with van der Waals surface area (Å²) in [4.78, 5) is 16.6. The molecule has 1 aliphatic rings. The van der Waals surface area contributed by atoms with Crippen LogP contribution in [0.3, 0.4) is 0 Å². The number of amides is 1. The van der Waals surface area contributed by atoms with Gasteiger partial charge in [-0.1, -0.05) is 0 Å². The van der Waals surface area contributed by atoms with Crippen LogP contribution in [0, 0.1) is 5.92 Å². The summed E-state index contributed by atoms with van der Waals surface area (Å²) < 4.78 is 1.83. The van der Waals surface area contributed by atoms with E-state index in [0.717, 1.165) is 17.6 Å². The van der Waals surface area contributed by atoms with Gasteiger partial charge in [0, 0.05) is 43.2 Å². The Morgan fingerprint density at radius 3 is 2.79 bits per heavy atom. The zero-order chi connectivity index (χ0) is 15.7. The van der Waals surface area contributed by atoms with Crippen LogP contribution < -0.4 is 10.6 Å². The van der Waals surface area contributed by atoms with Gasteiger partial charge in [-0.2, -0.15) is 5.10 Å². The van der Waals surface area contributed by atoms with Gasteiger partial charge in [-0.05, 0) is 19.9 Å². The van der Waals surface area contributed by atoms with Crippen LogP contribution in [-0.2, 0) is 0 Å². The highest BCUT2D eigenvalue weighted by Crippen LogP contribution is 2.16. The average molecular weight is 376 g/mol. The highest BCUT2D eigenvalue weighted by atomic mass is 35.5. The number of nitrogens with zero attached hydrogens (tertiary/aromatic N) is 3. The summed E-state index contributed by atoms with van der Waals surface area (Å²) in [6.45, 7) is 5.84. The molecule has 1 saturated heterocycles. The molecule has 0 spiro atoms. The van der Waals surface area contributed by atoms with Gasteiger partial charge < -0.3 is 15.7 Å². The molecule has 0 aromatic carbocycles. The quantitative estimate of drug-likeness (QED) is 0.745. The fourth-order valence-corrected chi connectivity index (χ4v) is 2.70. The van der Waals surface area contributed by atoms with Crippen molar-refractivity contribution in [3.8, 4) is 0 Å². The molecule has 1 fully saturated rings. The highest BCUT2D eigenvalue weighted by molar-refractivity contribution is 5.96. The van der Waals surface area contributed by atoms with Gasteiger partial charge in [-0.15, -0.1) is 24.8 Å².